The van der Waals surface area contributed by atoms with Crippen molar-refractivity contribution in [1.82, 2.24) is 4.90 Å². The van der Waals surface area contributed by atoms with Crippen LogP contribution in [0.1, 0.15) is 11.1 Å². The molecule has 0 unspecified atom stereocenters. The maximum atomic E-state index is 12.1. The highest BCUT2D eigenvalue weighted by molar-refractivity contribution is 6.35. The van der Waals surface area contributed by atoms with Gasteiger partial charge in [-0.15, -0.1) is 0 Å². The molecular formula is C17H15Cl2N3O. The molecule has 6 heteroatoms. The van der Waals surface area contributed by atoms with Gasteiger partial charge in [0, 0.05) is 22.3 Å². The number of anilines is 1. The van der Waals surface area contributed by atoms with E-state index in [-0.39, 0.29) is 12.5 Å². The number of carbonyl (C=O) groups excluding carboxylic acids is 1. The number of hydrogen-bond donors (Lipinski definition) is 1. The van der Waals surface area contributed by atoms with E-state index in [1.54, 1.807) is 36.4 Å². The maximum absolute atomic E-state index is 12.1. The number of amides is 1. The molecule has 0 bridgehead atoms. The molecule has 0 aliphatic heterocycles. The first kappa shape index (κ1) is 17.3. The van der Waals surface area contributed by atoms with Gasteiger partial charge in [-0.3, -0.25) is 9.69 Å². The summed E-state index contributed by atoms with van der Waals surface area (Å²) in [7, 11) is 1.83. The van der Waals surface area contributed by atoms with E-state index in [1.165, 1.54) is 0 Å². The number of rotatable bonds is 5. The molecule has 0 aliphatic carbocycles. The van der Waals surface area contributed by atoms with E-state index in [2.05, 4.69) is 5.32 Å². The first-order chi connectivity index (χ1) is 11.0. The van der Waals surface area contributed by atoms with Gasteiger partial charge in [0.25, 0.3) is 0 Å². The molecule has 0 saturated heterocycles. The Hall–Kier alpha value is -2.06. The Morgan fingerprint density at radius 3 is 2.74 bits per heavy atom. The topological polar surface area (TPSA) is 56.1 Å². The van der Waals surface area contributed by atoms with Crippen LogP contribution in [0.4, 0.5) is 5.69 Å². The van der Waals surface area contributed by atoms with Gasteiger partial charge in [-0.25, -0.2) is 0 Å². The van der Waals surface area contributed by atoms with E-state index in [1.807, 2.05) is 24.1 Å². The van der Waals surface area contributed by atoms with Gasteiger partial charge in [0.15, 0.2) is 0 Å². The van der Waals surface area contributed by atoms with Gasteiger partial charge >= 0.3 is 0 Å². The van der Waals surface area contributed by atoms with E-state index >= 15 is 0 Å². The fraction of sp³-hybridized carbons (Fsp3) is 0.176. The summed E-state index contributed by atoms with van der Waals surface area (Å²) in [5.74, 6) is -0.160. The smallest absolute Gasteiger partial charge is 0.238 e. The molecule has 0 aliphatic rings. The van der Waals surface area contributed by atoms with Crippen molar-refractivity contribution in [2.75, 3.05) is 18.9 Å². The van der Waals surface area contributed by atoms with Crippen molar-refractivity contribution in [2.45, 2.75) is 6.54 Å². The Kier molecular flexibility index (Phi) is 6.00. The zero-order chi connectivity index (χ0) is 16.8. The van der Waals surface area contributed by atoms with Gasteiger partial charge in [-0.05, 0) is 42.9 Å². The molecule has 1 N–H and O–H groups in total. The zero-order valence-electron chi connectivity index (χ0n) is 12.5. The molecule has 118 valence electrons. The Labute approximate surface area is 145 Å². The average molecular weight is 348 g/mol. The highest BCUT2D eigenvalue weighted by Gasteiger charge is 2.10. The van der Waals surface area contributed by atoms with Crippen molar-refractivity contribution >= 4 is 34.8 Å². The van der Waals surface area contributed by atoms with Crippen LogP contribution >= 0.6 is 23.2 Å². The lowest BCUT2D eigenvalue weighted by Gasteiger charge is -2.17. The number of carbonyl (C=O) groups is 1. The molecule has 0 aromatic heterocycles. The van der Waals surface area contributed by atoms with Crippen LogP contribution < -0.4 is 5.32 Å². The third-order valence-electron chi connectivity index (χ3n) is 3.14. The van der Waals surface area contributed by atoms with Gasteiger partial charge in [-0.2, -0.15) is 5.26 Å². The quantitative estimate of drug-likeness (QED) is 0.891. The van der Waals surface area contributed by atoms with Crippen molar-refractivity contribution < 1.29 is 4.79 Å². The lowest BCUT2D eigenvalue weighted by atomic mass is 10.2. The fourth-order valence-corrected chi connectivity index (χ4v) is 2.58. The first-order valence-electron chi connectivity index (χ1n) is 6.90. The van der Waals surface area contributed by atoms with Crippen molar-refractivity contribution in [1.29, 1.82) is 5.26 Å². The average Bonchev–Trinajstić information content (AvgIpc) is 2.50. The molecular weight excluding hydrogens is 333 g/mol. The normalized spacial score (nSPS) is 10.4. The van der Waals surface area contributed by atoms with E-state index in [4.69, 9.17) is 28.5 Å². The summed E-state index contributed by atoms with van der Waals surface area (Å²) in [5.41, 5.74) is 2.01. The molecule has 0 spiro atoms. The number of halogens is 2. The molecule has 2 aromatic rings. The van der Waals surface area contributed by atoms with E-state index < -0.39 is 0 Å². The van der Waals surface area contributed by atoms with Gasteiger partial charge in [0.05, 0.1) is 18.2 Å². The lowest BCUT2D eigenvalue weighted by molar-refractivity contribution is -0.117. The molecule has 4 nitrogen and oxygen atoms in total. The summed E-state index contributed by atoms with van der Waals surface area (Å²) in [6, 6.07) is 14.1. The van der Waals surface area contributed by atoms with Crippen LogP contribution in [0, 0.1) is 11.3 Å². The van der Waals surface area contributed by atoms with Crippen molar-refractivity contribution in [3.63, 3.8) is 0 Å². The number of nitrogens with one attached hydrogen (secondary N) is 1. The minimum atomic E-state index is -0.160. The molecule has 2 rings (SSSR count). The number of nitriles is 1. The zero-order valence-corrected chi connectivity index (χ0v) is 14.0. The minimum Gasteiger partial charge on any atom is -0.325 e. The molecule has 0 saturated carbocycles. The Morgan fingerprint density at radius 1 is 1.26 bits per heavy atom. The molecule has 1 amide bonds. The van der Waals surface area contributed by atoms with Gasteiger partial charge in [0.2, 0.25) is 5.91 Å². The molecule has 0 atom stereocenters. The van der Waals surface area contributed by atoms with Crippen LogP contribution in [0.5, 0.6) is 0 Å². The molecule has 23 heavy (non-hydrogen) atoms. The molecule has 0 heterocycles. The van der Waals surface area contributed by atoms with Crippen LogP contribution in [-0.4, -0.2) is 24.4 Å². The van der Waals surface area contributed by atoms with Crippen molar-refractivity contribution in [2.24, 2.45) is 0 Å². The van der Waals surface area contributed by atoms with Gasteiger partial charge in [-0.1, -0.05) is 35.3 Å². The first-order valence-corrected chi connectivity index (χ1v) is 7.66. The Morgan fingerprint density at radius 2 is 2.04 bits per heavy atom. The second kappa shape index (κ2) is 7.98. The lowest BCUT2D eigenvalue weighted by Crippen LogP contribution is -2.29. The summed E-state index contributed by atoms with van der Waals surface area (Å²) in [6.07, 6.45) is 0. The number of likely N-dealkylation sites (N-methyl/N-ethyl adjacent to an activating group) is 1. The standard InChI is InChI=1S/C17H15Cl2N3O/c1-22(10-13-5-6-14(18)8-16(13)19)11-17(23)21-15-4-2-3-12(7-15)9-20/h2-8H,10-11H2,1H3,(H,21,23). The second-order valence-electron chi connectivity index (χ2n) is 5.15. The molecule has 0 radical (unpaired) electrons. The minimum absolute atomic E-state index is 0.160. The number of hydrogen-bond acceptors (Lipinski definition) is 3. The van der Waals surface area contributed by atoms with Gasteiger partial charge < -0.3 is 5.32 Å². The maximum Gasteiger partial charge on any atom is 0.238 e. The fourth-order valence-electron chi connectivity index (χ4n) is 2.11. The van der Waals surface area contributed by atoms with Crippen LogP contribution in [0.3, 0.4) is 0 Å². The number of benzene rings is 2. The number of nitrogens with zero attached hydrogens (tertiary/aromatic N) is 2. The Bertz CT molecular complexity index is 756. The van der Waals surface area contributed by atoms with Crippen molar-refractivity contribution in [3.05, 3.63) is 63.6 Å². The predicted octanol–water partition coefficient (Wildman–Crippen LogP) is 3.94. The van der Waals surface area contributed by atoms with Crippen LogP contribution in [0.15, 0.2) is 42.5 Å². The summed E-state index contributed by atoms with van der Waals surface area (Å²) in [6.45, 7) is 0.734. The predicted molar refractivity (Wildman–Crippen MR) is 92.6 cm³/mol. The monoisotopic (exact) mass is 347 g/mol. The van der Waals surface area contributed by atoms with Crippen LogP contribution in [-0.2, 0) is 11.3 Å². The third-order valence-corrected chi connectivity index (χ3v) is 3.73. The Balaban J connectivity index is 1.93. The second-order valence-corrected chi connectivity index (χ2v) is 5.99. The summed E-state index contributed by atoms with van der Waals surface area (Å²) in [5, 5.41) is 12.8. The molecule has 0 fully saturated rings. The van der Waals surface area contributed by atoms with Crippen molar-refractivity contribution in [3.8, 4) is 6.07 Å². The highest BCUT2D eigenvalue weighted by atomic mass is 35.5. The third kappa shape index (κ3) is 5.26. The molecule has 2 aromatic carbocycles. The van der Waals surface area contributed by atoms with Crippen LogP contribution in [0.2, 0.25) is 10.0 Å². The van der Waals surface area contributed by atoms with E-state index in [0.717, 1.165) is 5.56 Å². The summed E-state index contributed by atoms with van der Waals surface area (Å²) < 4.78 is 0. The van der Waals surface area contributed by atoms with Gasteiger partial charge in [0.1, 0.15) is 0 Å². The highest BCUT2D eigenvalue weighted by Crippen LogP contribution is 2.22. The SMILES string of the molecule is CN(CC(=O)Nc1cccc(C#N)c1)Cc1ccc(Cl)cc1Cl. The summed E-state index contributed by atoms with van der Waals surface area (Å²) >= 11 is 12.0. The van der Waals surface area contributed by atoms with Crippen LogP contribution in [0.25, 0.3) is 0 Å². The summed E-state index contributed by atoms with van der Waals surface area (Å²) in [4.78, 5) is 13.9. The largest absolute Gasteiger partial charge is 0.325 e. The van der Waals surface area contributed by atoms with E-state index in [0.29, 0.717) is 27.8 Å². The van der Waals surface area contributed by atoms with E-state index in [9.17, 15) is 4.79 Å².